The molecule has 1 saturated heterocycles. The zero-order valence-corrected chi connectivity index (χ0v) is 9.73. The maximum absolute atomic E-state index is 14.1. The third-order valence-corrected chi connectivity index (χ3v) is 3.52. The van der Waals surface area contributed by atoms with E-state index in [0.717, 1.165) is 0 Å². The second kappa shape index (κ2) is 3.84. The van der Waals surface area contributed by atoms with E-state index in [9.17, 15) is 4.39 Å². The molecule has 2 heterocycles. The van der Waals surface area contributed by atoms with Gasteiger partial charge in [0.15, 0.2) is 0 Å². The number of anilines is 1. The fourth-order valence-electron chi connectivity index (χ4n) is 2.57. The molecule has 4 N–H and O–H groups in total. The Hall–Kier alpha value is -1.82. The van der Waals surface area contributed by atoms with Crippen LogP contribution in [0.2, 0.25) is 0 Å². The second-order valence-corrected chi connectivity index (χ2v) is 4.64. The standard InChI is InChI=1S/C12H14FN3O2/c13-10-2-1-8(14)3-9(10)12-6-17-4-7(12)5-18-11(15)16-12/h1-3,7H,4-6,14H2,(H2,15,16)/t7-,12-/m0/s1. The van der Waals surface area contributed by atoms with Gasteiger partial charge in [0, 0.05) is 17.2 Å². The summed E-state index contributed by atoms with van der Waals surface area (Å²) in [5.41, 5.74) is 11.5. The van der Waals surface area contributed by atoms with Crippen LogP contribution < -0.4 is 11.5 Å². The summed E-state index contributed by atoms with van der Waals surface area (Å²) < 4.78 is 24.7. The van der Waals surface area contributed by atoms with Crippen LogP contribution in [0.1, 0.15) is 5.56 Å². The number of nitrogens with zero attached hydrogens (tertiary/aromatic N) is 1. The number of benzene rings is 1. The molecule has 0 saturated carbocycles. The predicted octanol–water partition coefficient (Wildman–Crippen LogP) is 0.594. The van der Waals surface area contributed by atoms with Crippen LogP contribution in [0, 0.1) is 11.7 Å². The van der Waals surface area contributed by atoms with Crippen molar-refractivity contribution in [2.75, 3.05) is 25.6 Å². The minimum Gasteiger partial charge on any atom is -0.465 e. The van der Waals surface area contributed by atoms with Gasteiger partial charge in [-0.1, -0.05) is 0 Å². The molecule has 2 aliphatic heterocycles. The first kappa shape index (κ1) is 11.3. The van der Waals surface area contributed by atoms with E-state index in [1.807, 2.05) is 0 Å². The van der Waals surface area contributed by atoms with E-state index in [1.165, 1.54) is 12.1 Å². The number of aliphatic imine (C=N–C) groups is 1. The summed E-state index contributed by atoms with van der Waals surface area (Å²) in [6, 6.07) is 4.53. The summed E-state index contributed by atoms with van der Waals surface area (Å²) in [6.45, 7) is 1.15. The van der Waals surface area contributed by atoms with Crippen molar-refractivity contribution >= 4 is 11.7 Å². The maximum Gasteiger partial charge on any atom is 0.282 e. The number of halogens is 1. The fourth-order valence-corrected chi connectivity index (χ4v) is 2.57. The van der Waals surface area contributed by atoms with Gasteiger partial charge in [-0.15, -0.1) is 0 Å². The topological polar surface area (TPSA) is 82.9 Å². The van der Waals surface area contributed by atoms with Gasteiger partial charge in [0.1, 0.15) is 11.4 Å². The molecule has 0 aromatic heterocycles. The van der Waals surface area contributed by atoms with Crippen LogP contribution in [-0.2, 0) is 15.0 Å². The Morgan fingerprint density at radius 2 is 2.17 bits per heavy atom. The van der Waals surface area contributed by atoms with Gasteiger partial charge in [0.05, 0.1) is 19.8 Å². The van der Waals surface area contributed by atoms with Crippen molar-refractivity contribution in [2.24, 2.45) is 16.6 Å². The number of rotatable bonds is 1. The molecule has 2 aliphatic rings. The Kier molecular flexibility index (Phi) is 2.41. The second-order valence-electron chi connectivity index (χ2n) is 4.64. The Labute approximate surface area is 104 Å². The molecule has 5 nitrogen and oxygen atoms in total. The number of amidine groups is 1. The van der Waals surface area contributed by atoms with Gasteiger partial charge in [-0.25, -0.2) is 9.38 Å². The van der Waals surface area contributed by atoms with Crippen molar-refractivity contribution < 1.29 is 13.9 Å². The van der Waals surface area contributed by atoms with Crippen molar-refractivity contribution in [3.63, 3.8) is 0 Å². The molecule has 0 radical (unpaired) electrons. The van der Waals surface area contributed by atoms with Crippen LogP contribution in [0.25, 0.3) is 0 Å². The summed E-state index contributed by atoms with van der Waals surface area (Å²) in [7, 11) is 0. The first-order chi connectivity index (χ1) is 8.62. The minimum absolute atomic E-state index is 0.0406. The molecule has 18 heavy (non-hydrogen) atoms. The molecule has 0 bridgehead atoms. The molecule has 1 aromatic carbocycles. The highest BCUT2D eigenvalue weighted by atomic mass is 19.1. The lowest BCUT2D eigenvalue weighted by Gasteiger charge is -2.34. The third-order valence-electron chi connectivity index (χ3n) is 3.52. The van der Waals surface area contributed by atoms with Crippen LogP contribution in [0.3, 0.4) is 0 Å². The highest BCUT2D eigenvalue weighted by Gasteiger charge is 2.50. The number of fused-ring (bicyclic) bond motifs is 1. The quantitative estimate of drug-likeness (QED) is 0.716. The zero-order chi connectivity index (χ0) is 12.8. The van der Waals surface area contributed by atoms with E-state index in [2.05, 4.69) is 4.99 Å². The highest BCUT2D eigenvalue weighted by Crippen LogP contribution is 2.43. The average Bonchev–Trinajstić information content (AvgIpc) is 2.76. The highest BCUT2D eigenvalue weighted by molar-refractivity contribution is 5.73. The molecular formula is C12H14FN3O2. The monoisotopic (exact) mass is 251 g/mol. The lowest BCUT2D eigenvalue weighted by molar-refractivity contribution is 0.154. The van der Waals surface area contributed by atoms with Crippen LogP contribution in [0.15, 0.2) is 23.2 Å². The summed E-state index contributed by atoms with van der Waals surface area (Å²) in [4.78, 5) is 4.30. The predicted molar refractivity (Wildman–Crippen MR) is 64.4 cm³/mol. The van der Waals surface area contributed by atoms with E-state index < -0.39 is 5.54 Å². The number of hydrogen-bond acceptors (Lipinski definition) is 5. The Balaban J connectivity index is 2.17. The van der Waals surface area contributed by atoms with E-state index in [1.54, 1.807) is 6.07 Å². The normalized spacial score (nSPS) is 30.5. The summed E-state index contributed by atoms with van der Waals surface area (Å²) >= 11 is 0. The van der Waals surface area contributed by atoms with Crippen molar-refractivity contribution in [1.82, 2.24) is 0 Å². The van der Waals surface area contributed by atoms with Crippen molar-refractivity contribution in [3.05, 3.63) is 29.6 Å². The average molecular weight is 251 g/mol. The molecule has 96 valence electrons. The van der Waals surface area contributed by atoms with Gasteiger partial charge >= 0.3 is 0 Å². The molecule has 0 amide bonds. The van der Waals surface area contributed by atoms with Gasteiger partial charge in [0.2, 0.25) is 0 Å². The van der Waals surface area contributed by atoms with Gasteiger partial charge in [-0.2, -0.15) is 0 Å². The Morgan fingerprint density at radius 3 is 3.00 bits per heavy atom. The summed E-state index contributed by atoms with van der Waals surface area (Å²) in [5, 5.41) is 0. The molecule has 0 aliphatic carbocycles. The van der Waals surface area contributed by atoms with E-state index in [-0.39, 0.29) is 17.8 Å². The van der Waals surface area contributed by atoms with Crippen molar-refractivity contribution in [3.8, 4) is 0 Å². The van der Waals surface area contributed by atoms with Crippen LogP contribution in [-0.4, -0.2) is 25.8 Å². The van der Waals surface area contributed by atoms with Gasteiger partial charge in [-0.3, -0.25) is 0 Å². The smallest absolute Gasteiger partial charge is 0.282 e. The van der Waals surface area contributed by atoms with Crippen LogP contribution >= 0.6 is 0 Å². The number of hydrogen-bond donors (Lipinski definition) is 2. The fraction of sp³-hybridized carbons (Fsp3) is 0.417. The number of ether oxygens (including phenoxy) is 2. The summed E-state index contributed by atoms with van der Waals surface area (Å²) in [5.74, 6) is -0.390. The van der Waals surface area contributed by atoms with Crippen molar-refractivity contribution in [2.45, 2.75) is 5.54 Å². The van der Waals surface area contributed by atoms with E-state index in [0.29, 0.717) is 31.1 Å². The lowest BCUT2D eigenvalue weighted by atomic mass is 9.80. The van der Waals surface area contributed by atoms with Crippen LogP contribution in [0.5, 0.6) is 0 Å². The molecule has 1 aromatic rings. The largest absolute Gasteiger partial charge is 0.465 e. The van der Waals surface area contributed by atoms with Gasteiger partial charge in [-0.05, 0) is 18.2 Å². The SMILES string of the molecule is NC1=N[C@@]2(c3cc(N)ccc3F)COC[C@H]2CO1. The molecule has 6 heteroatoms. The molecule has 3 rings (SSSR count). The molecule has 0 spiro atoms. The molecule has 0 unspecified atom stereocenters. The number of nitrogens with two attached hydrogens (primary N) is 2. The zero-order valence-electron chi connectivity index (χ0n) is 9.73. The van der Waals surface area contributed by atoms with E-state index in [4.69, 9.17) is 20.9 Å². The third kappa shape index (κ3) is 1.53. The number of nitrogen functional groups attached to an aromatic ring is 1. The molecular weight excluding hydrogens is 237 g/mol. The first-order valence-corrected chi connectivity index (χ1v) is 5.73. The summed E-state index contributed by atoms with van der Waals surface area (Å²) in [6.07, 6.45) is 0. The van der Waals surface area contributed by atoms with Crippen LogP contribution in [0.4, 0.5) is 10.1 Å². The van der Waals surface area contributed by atoms with Crippen molar-refractivity contribution in [1.29, 1.82) is 0 Å². The Bertz CT molecular complexity index is 520. The van der Waals surface area contributed by atoms with E-state index >= 15 is 0 Å². The van der Waals surface area contributed by atoms with Gasteiger partial charge in [0.25, 0.3) is 6.02 Å². The Morgan fingerprint density at radius 1 is 1.33 bits per heavy atom. The lowest BCUT2D eigenvalue weighted by Crippen LogP contribution is -2.43. The van der Waals surface area contributed by atoms with Gasteiger partial charge < -0.3 is 20.9 Å². The first-order valence-electron chi connectivity index (χ1n) is 5.73. The minimum atomic E-state index is -0.804. The molecule has 2 atom stereocenters. The molecule has 1 fully saturated rings. The maximum atomic E-state index is 14.1.